The predicted molar refractivity (Wildman–Crippen MR) is 50.9 cm³/mol. The first-order valence-electron chi connectivity index (χ1n) is 3.26. The van der Waals surface area contributed by atoms with E-state index < -0.39 is 9.05 Å². The molecule has 0 amide bonds. The summed E-state index contributed by atoms with van der Waals surface area (Å²) in [5, 5.41) is 9.13. The molecule has 1 rings (SSSR count). The van der Waals surface area contributed by atoms with Crippen molar-refractivity contribution in [3.05, 3.63) is 22.7 Å². The van der Waals surface area contributed by atoms with Crippen LogP contribution in [0, 0.1) is 6.92 Å². The molecule has 0 heterocycles. The van der Waals surface area contributed by atoms with Crippen molar-refractivity contribution in [3.63, 3.8) is 0 Å². The van der Waals surface area contributed by atoms with Gasteiger partial charge in [-0.15, -0.1) is 0 Å². The van der Waals surface area contributed by atoms with E-state index in [-0.39, 0.29) is 15.7 Å². The van der Waals surface area contributed by atoms with Crippen molar-refractivity contribution in [3.8, 4) is 5.75 Å². The van der Waals surface area contributed by atoms with Gasteiger partial charge in [0.15, 0.2) is 0 Å². The third kappa shape index (κ3) is 2.27. The van der Waals surface area contributed by atoms with Crippen LogP contribution >= 0.6 is 22.3 Å². The zero-order chi connectivity index (χ0) is 10.2. The molecule has 0 bridgehead atoms. The molecule has 0 aliphatic rings. The quantitative estimate of drug-likeness (QED) is 0.767. The van der Waals surface area contributed by atoms with Crippen LogP contribution in [0.4, 0.5) is 0 Å². The van der Waals surface area contributed by atoms with Crippen LogP contribution in [0.25, 0.3) is 0 Å². The minimum atomic E-state index is -3.90. The summed E-state index contributed by atoms with van der Waals surface area (Å²) in [6, 6.07) is 2.37. The molecule has 3 nitrogen and oxygen atoms in total. The van der Waals surface area contributed by atoms with Crippen molar-refractivity contribution in [2.75, 3.05) is 0 Å². The number of benzene rings is 1. The van der Waals surface area contributed by atoms with Gasteiger partial charge in [-0.3, -0.25) is 0 Å². The Balaban J connectivity index is 3.56. The van der Waals surface area contributed by atoms with Crippen LogP contribution in [0.5, 0.6) is 5.75 Å². The summed E-state index contributed by atoms with van der Waals surface area (Å²) in [6.07, 6.45) is 0. The number of rotatable bonds is 1. The predicted octanol–water partition coefficient (Wildman–Crippen LogP) is 2.28. The van der Waals surface area contributed by atoms with Crippen molar-refractivity contribution < 1.29 is 13.5 Å². The number of phenols is 1. The Labute approximate surface area is 85.3 Å². The maximum Gasteiger partial charge on any atom is 0.262 e. The molecule has 0 aromatic heterocycles. The number of aryl methyl sites for hydroxylation is 1. The number of halogens is 2. The molecule has 1 N–H and O–H groups in total. The van der Waals surface area contributed by atoms with Crippen LogP contribution in [0.1, 0.15) is 5.56 Å². The van der Waals surface area contributed by atoms with Gasteiger partial charge >= 0.3 is 0 Å². The van der Waals surface area contributed by atoms with Gasteiger partial charge in [0.1, 0.15) is 10.6 Å². The number of hydrogen-bond acceptors (Lipinski definition) is 3. The fourth-order valence-corrected chi connectivity index (χ4v) is 2.43. The van der Waals surface area contributed by atoms with Gasteiger partial charge < -0.3 is 5.11 Å². The van der Waals surface area contributed by atoms with Gasteiger partial charge in [0.2, 0.25) is 0 Å². The lowest BCUT2D eigenvalue weighted by atomic mass is 10.2. The minimum Gasteiger partial charge on any atom is -0.508 e. The molecule has 0 spiro atoms. The van der Waals surface area contributed by atoms with E-state index in [1.54, 1.807) is 6.92 Å². The maximum atomic E-state index is 10.9. The van der Waals surface area contributed by atoms with E-state index in [1.807, 2.05) is 0 Å². The number of aromatic hydroxyl groups is 1. The lowest BCUT2D eigenvalue weighted by molar-refractivity contribution is 0.473. The summed E-state index contributed by atoms with van der Waals surface area (Å²) in [5.74, 6) is -0.180. The number of phenolic OH excluding ortho intramolecular Hbond substituents is 1. The smallest absolute Gasteiger partial charge is 0.262 e. The van der Waals surface area contributed by atoms with Crippen molar-refractivity contribution in [1.82, 2.24) is 0 Å². The van der Waals surface area contributed by atoms with Gasteiger partial charge in [-0.05, 0) is 18.6 Å². The highest BCUT2D eigenvalue weighted by molar-refractivity contribution is 8.13. The molecule has 0 aliphatic carbocycles. The van der Waals surface area contributed by atoms with E-state index in [9.17, 15) is 8.42 Å². The first-order valence-corrected chi connectivity index (χ1v) is 5.95. The van der Waals surface area contributed by atoms with Gasteiger partial charge in [0.25, 0.3) is 9.05 Å². The molecule has 1 aromatic rings. The zero-order valence-corrected chi connectivity index (χ0v) is 8.91. The molecule has 0 aliphatic heterocycles. The Kier molecular flexibility index (Phi) is 2.75. The van der Waals surface area contributed by atoms with Gasteiger partial charge in [-0.2, -0.15) is 0 Å². The second-order valence-electron chi connectivity index (χ2n) is 2.51. The molecular weight excluding hydrogens is 235 g/mol. The maximum absolute atomic E-state index is 10.9. The highest BCUT2D eigenvalue weighted by atomic mass is 35.7. The average Bonchev–Trinajstić information content (AvgIpc) is 1.94. The molecule has 0 unspecified atom stereocenters. The molecule has 0 atom stereocenters. The highest BCUT2D eigenvalue weighted by Gasteiger charge is 2.17. The van der Waals surface area contributed by atoms with E-state index in [0.29, 0.717) is 5.56 Å². The topological polar surface area (TPSA) is 54.4 Å². The van der Waals surface area contributed by atoms with Gasteiger partial charge in [-0.25, -0.2) is 8.42 Å². The Bertz CT molecular complexity index is 439. The third-order valence-corrected chi connectivity index (χ3v) is 3.43. The van der Waals surface area contributed by atoms with E-state index >= 15 is 0 Å². The Morgan fingerprint density at radius 1 is 1.38 bits per heavy atom. The summed E-state index contributed by atoms with van der Waals surface area (Å²) in [5.41, 5.74) is 0.459. The molecule has 0 saturated carbocycles. The minimum absolute atomic E-state index is 0.0350. The fourth-order valence-electron chi connectivity index (χ4n) is 0.896. The van der Waals surface area contributed by atoms with E-state index in [1.165, 1.54) is 6.07 Å². The van der Waals surface area contributed by atoms with Crippen LogP contribution in [-0.2, 0) is 9.05 Å². The van der Waals surface area contributed by atoms with E-state index in [2.05, 4.69) is 0 Å². The van der Waals surface area contributed by atoms with Crippen LogP contribution in [-0.4, -0.2) is 13.5 Å². The standard InChI is InChI=1S/C7H6Cl2O3S/c1-4-2-5(10)3-6(7(4)8)13(9,11)12/h2-3,10H,1H3. The van der Waals surface area contributed by atoms with Crippen molar-refractivity contribution in [2.45, 2.75) is 11.8 Å². The highest BCUT2D eigenvalue weighted by Crippen LogP contribution is 2.31. The molecule has 13 heavy (non-hydrogen) atoms. The summed E-state index contributed by atoms with van der Waals surface area (Å²) in [4.78, 5) is -0.270. The first kappa shape index (κ1) is 10.6. The van der Waals surface area contributed by atoms with Crippen LogP contribution in [0.2, 0.25) is 5.02 Å². The van der Waals surface area contributed by atoms with Gasteiger partial charge in [0.05, 0.1) is 5.02 Å². The third-order valence-electron chi connectivity index (χ3n) is 1.47. The van der Waals surface area contributed by atoms with Crippen LogP contribution < -0.4 is 0 Å². The summed E-state index contributed by atoms with van der Waals surface area (Å²) in [7, 11) is 1.19. The second kappa shape index (κ2) is 3.36. The fraction of sp³-hybridized carbons (Fsp3) is 0.143. The Morgan fingerprint density at radius 3 is 2.38 bits per heavy atom. The molecule has 0 saturated heterocycles. The molecule has 0 fully saturated rings. The summed E-state index contributed by atoms with van der Waals surface area (Å²) in [6.45, 7) is 1.58. The Morgan fingerprint density at radius 2 is 1.92 bits per heavy atom. The van der Waals surface area contributed by atoms with Gasteiger partial charge in [0, 0.05) is 16.7 Å². The summed E-state index contributed by atoms with van der Waals surface area (Å²) >= 11 is 5.68. The normalized spacial score (nSPS) is 11.6. The lowest BCUT2D eigenvalue weighted by Gasteiger charge is -2.03. The second-order valence-corrected chi connectivity index (χ2v) is 5.42. The molecule has 1 aromatic carbocycles. The largest absolute Gasteiger partial charge is 0.508 e. The van der Waals surface area contributed by atoms with Crippen LogP contribution in [0.3, 0.4) is 0 Å². The molecule has 72 valence electrons. The Hall–Kier alpha value is -0.450. The first-order chi connectivity index (χ1) is 5.82. The van der Waals surface area contributed by atoms with E-state index in [0.717, 1.165) is 6.07 Å². The number of hydrogen-bond donors (Lipinski definition) is 1. The lowest BCUT2D eigenvalue weighted by Crippen LogP contribution is -1.93. The molecule has 6 heteroatoms. The molecule has 0 radical (unpaired) electrons. The van der Waals surface area contributed by atoms with Crippen molar-refractivity contribution in [1.29, 1.82) is 0 Å². The zero-order valence-electron chi connectivity index (χ0n) is 6.58. The molecular formula is C7H6Cl2O3S. The van der Waals surface area contributed by atoms with Crippen LogP contribution in [0.15, 0.2) is 17.0 Å². The van der Waals surface area contributed by atoms with Crippen molar-refractivity contribution in [2.24, 2.45) is 0 Å². The summed E-state index contributed by atoms with van der Waals surface area (Å²) < 4.78 is 21.9. The van der Waals surface area contributed by atoms with E-state index in [4.69, 9.17) is 27.4 Å². The SMILES string of the molecule is Cc1cc(O)cc(S(=O)(=O)Cl)c1Cl. The monoisotopic (exact) mass is 240 g/mol. The van der Waals surface area contributed by atoms with Crippen molar-refractivity contribution >= 4 is 31.3 Å². The van der Waals surface area contributed by atoms with Gasteiger partial charge in [-0.1, -0.05) is 11.6 Å². The average molecular weight is 241 g/mol.